The smallest absolute Gasteiger partial charge is 0.407 e. The Balaban J connectivity index is 2.10. The van der Waals surface area contributed by atoms with E-state index in [1.54, 1.807) is 0 Å². The Hall–Kier alpha value is -1.10. The van der Waals surface area contributed by atoms with Gasteiger partial charge in [-0.3, -0.25) is 4.79 Å². The Morgan fingerprint density at radius 3 is 2.14 bits per heavy atom. The van der Waals surface area contributed by atoms with Crippen LogP contribution in [0.25, 0.3) is 0 Å². The second-order valence-corrected chi connectivity index (χ2v) is 8.10. The van der Waals surface area contributed by atoms with Crippen molar-refractivity contribution in [2.45, 2.75) is 78.2 Å². The predicted molar refractivity (Wildman–Crippen MR) is 79.0 cm³/mol. The van der Waals surface area contributed by atoms with Crippen molar-refractivity contribution in [1.82, 2.24) is 5.32 Å². The molecule has 0 aromatic rings. The number of carbonyl (C=O) groups is 2. The molecular formula is C16H27NO4. The summed E-state index contributed by atoms with van der Waals surface area (Å²) in [6, 6.07) is -0.273. The molecule has 2 rings (SSSR count). The molecule has 2 saturated heterocycles. The largest absolute Gasteiger partial charge is 0.444 e. The summed E-state index contributed by atoms with van der Waals surface area (Å²) in [7, 11) is 0. The van der Waals surface area contributed by atoms with Gasteiger partial charge in [-0.1, -0.05) is 20.8 Å². The predicted octanol–water partition coefficient (Wildman–Crippen LogP) is 2.67. The maximum absolute atomic E-state index is 12.7. The van der Waals surface area contributed by atoms with Crippen LogP contribution < -0.4 is 5.32 Å². The van der Waals surface area contributed by atoms with Gasteiger partial charge >= 0.3 is 6.09 Å². The van der Waals surface area contributed by atoms with Gasteiger partial charge in [0.15, 0.2) is 0 Å². The van der Waals surface area contributed by atoms with Crippen LogP contribution >= 0.6 is 0 Å². The molecule has 1 N–H and O–H groups in total. The average Bonchev–Trinajstić information content (AvgIpc) is 2.84. The first-order valence-corrected chi connectivity index (χ1v) is 7.68. The molecule has 21 heavy (non-hydrogen) atoms. The Morgan fingerprint density at radius 2 is 1.62 bits per heavy atom. The van der Waals surface area contributed by atoms with E-state index in [0.717, 1.165) is 12.8 Å². The van der Waals surface area contributed by atoms with Crippen molar-refractivity contribution >= 4 is 11.9 Å². The Labute approximate surface area is 126 Å². The molecular weight excluding hydrogens is 270 g/mol. The van der Waals surface area contributed by atoms with Gasteiger partial charge in [-0.05, 0) is 33.6 Å². The minimum Gasteiger partial charge on any atom is -0.444 e. The van der Waals surface area contributed by atoms with Gasteiger partial charge in [0.25, 0.3) is 0 Å². The molecule has 2 aliphatic heterocycles. The van der Waals surface area contributed by atoms with Gasteiger partial charge in [-0.2, -0.15) is 0 Å². The number of amides is 1. The lowest BCUT2D eigenvalue weighted by atomic mass is 9.74. The molecule has 2 heterocycles. The van der Waals surface area contributed by atoms with E-state index in [2.05, 4.69) is 5.32 Å². The molecule has 1 amide bonds. The average molecular weight is 297 g/mol. The van der Waals surface area contributed by atoms with E-state index < -0.39 is 17.1 Å². The summed E-state index contributed by atoms with van der Waals surface area (Å²) in [4.78, 5) is 24.7. The Kier molecular flexibility index (Phi) is 4.08. The zero-order valence-corrected chi connectivity index (χ0v) is 13.9. The second-order valence-electron chi connectivity index (χ2n) is 8.10. The molecule has 0 aliphatic carbocycles. The highest BCUT2D eigenvalue weighted by Gasteiger charge is 2.54. The summed E-state index contributed by atoms with van der Waals surface area (Å²) >= 11 is 0. The standard InChI is InChI=1S/C16H27NO4/c1-15(2,3)13(18)11-9-7-8-10(20-9)12(11)17-14(19)21-16(4,5)6/h9-12H,7-8H2,1-6H3,(H,17,19)/t9-,10+,11+,12-/m1/s1. The molecule has 0 spiro atoms. The third kappa shape index (κ3) is 3.57. The molecule has 0 saturated carbocycles. The van der Waals surface area contributed by atoms with Crippen LogP contribution in [-0.4, -0.2) is 35.7 Å². The molecule has 2 aliphatic rings. The Morgan fingerprint density at radius 1 is 1.05 bits per heavy atom. The van der Waals surface area contributed by atoms with Gasteiger partial charge in [0.2, 0.25) is 0 Å². The van der Waals surface area contributed by atoms with Gasteiger partial charge in [0, 0.05) is 5.41 Å². The van der Waals surface area contributed by atoms with E-state index in [9.17, 15) is 9.59 Å². The number of Topliss-reactive ketones (excluding diaryl/α,β-unsaturated/α-hetero) is 1. The van der Waals surface area contributed by atoms with E-state index in [0.29, 0.717) is 0 Å². The van der Waals surface area contributed by atoms with Crippen molar-refractivity contribution < 1.29 is 19.1 Å². The molecule has 0 aromatic carbocycles. The fraction of sp³-hybridized carbons (Fsp3) is 0.875. The number of alkyl carbamates (subject to hydrolysis) is 1. The zero-order valence-electron chi connectivity index (χ0n) is 13.9. The lowest BCUT2D eigenvalue weighted by Crippen LogP contribution is -2.52. The number of carbonyl (C=O) groups excluding carboxylic acids is 2. The van der Waals surface area contributed by atoms with Crippen molar-refractivity contribution in [3.05, 3.63) is 0 Å². The first-order chi connectivity index (χ1) is 9.49. The van der Waals surface area contributed by atoms with Crippen molar-refractivity contribution in [3.8, 4) is 0 Å². The van der Waals surface area contributed by atoms with Crippen molar-refractivity contribution in [3.63, 3.8) is 0 Å². The van der Waals surface area contributed by atoms with Crippen LogP contribution in [0.3, 0.4) is 0 Å². The summed E-state index contributed by atoms with van der Waals surface area (Å²) < 4.78 is 11.2. The minimum atomic E-state index is -0.550. The van der Waals surface area contributed by atoms with Crippen molar-refractivity contribution in [1.29, 1.82) is 0 Å². The van der Waals surface area contributed by atoms with Gasteiger partial charge in [-0.25, -0.2) is 4.79 Å². The molecule has 0 unspecified atom stereocenters. The zero-order chi connectivity index (χ0) is 16.0. The first-order valence-electron chi connectivity index (χ1n) is 7.68. The molecule has 5 heteroatoms. The second kappa shape index (κ2) is 5.27. The van der Waals surface area contributed by atoms with Crippen LogP contribution in [0.15, 0.2) is 0 Å². The fourth-order valence-corrected chi connectivity index (χ4v) is 3.14. The summed E-state index contributed by atoms with van der Waals surface area (Å²) in [5.41, 5.74) is -0.988. The Bertz CT molecular complexity index is 433. The molecule has 0 aromatic heterocycles. The highest BCUT2D eigenvalue weighted by atomic mass is 16.6. The summed E-state index contributed by atoms with van der Waals surface area (Å²) in [6.45, 7) is 11.2. The highest BCUT2D eigenvalue weighted by Crippen LogP contribution is 2.42. The number of nitrogens with one attached hydrogen (secondary N) is 1. The van der Waals surface area contributed by atoms with Crippen LogP contribution in [0.2, 0.25) is 0 Å². The number of hydrogen-bond donors (Lipinski definition) is 1. The fourth-order valence-electron chi connectivity index (χ4n) is 3.14. The number of fused-ring (bicyclic) bond motifs is 2. The van der Waals surface area contributed by atoms with Gasteiger partial charge in [0.1, 0.15) is 11.4 Å². The normalized spacial score (nSPS) is 32.1. The lowest BCUT2D eigenvalue weighted by molar-refractivity contribution is -0.132. The van der Waals surface area contributed by atoms with Crippen LogP contribution in [-0.2, 0) is 14.3 Å². The molecule has 2 bridgehead atoms. The van der Waals surface area contributed by atoms with Crippen LogP contribution in [0, 0.1) is 11.3 Å². The van der Waals surface area contributed by atoms with Crippen LogP contribution in [0.4, 0.5) is 4.79 Å². The number of ether oxygens (including phenoxy) is 2. The molecule has 2 fully saturated rings. The topological polar surface area (TPSA) is 64.6 Å². The third-order valence-electron chi connectivity index (χ3n) is 4.00. The van der Waals surface area contributed by atoms with Gasteiger partial charge < -0.3 is 14.8 Å². The molecule has 5 nitrogen and oxygen atoms in total. The molecule has 120 valence electrons. The van der Waals surface area contributed by atoms with E-state index in [1.807, 2.05) is 41.5 Å². The lowest BCUT2D eigenvalue weighted by Gasteiger charge is -2.32. The first kappa shape index (κ1) is 16.3. The summed E-state index contributed by atoms with van der Waals surface area (Å²) in [6.07, 6.45) is 1.17. The highest BCUT2D eigenvalue weighted by molar-refractivity contribution is 5.88. The number of hydrogen-bond acceptors (Lipinski definition) is 4. The number of rotatable bonds is 2. The quantitative estimate of drug-likeness (QED) is 0.851. The van der Waals surface area contributed by atoms with E-state index in [1.165, 1.54) is 0 Å². The van der Waals surface area contributed by atoms with Gasteiger partial charge in [0.05, 0.1) is 24.2 Å². The number of ketones is 1. The van der Waals surface area contributed by atoms with Crippen LogP contribution in [0.1, 0.15) is 54.4 Å². The summed E-state index contributed by atoms with van der Waals surface area (Å²) in [5.74, 6) is -0.118. The monoisotopic (exact) mass is 297 g/mol. The maximum atomic E-state index is 12.7. The molecule has 0 radical (unpaired) electrons. The van der Waals surface area contributed by atoms with E-state index >= 15 is 0 Å². The maximum Gasteiger partial charge on any atom is 0.407 e. The van der Waals surface area contributed by atoms with Crippen molar-refractivity contribution in [2.24, 2.45) is 11.3 Å². The minimum absolute atomic E-state index is 0.0679. The SMILES string of the molecule is CC(C)(C)OC(=O)N[C@H]1[C@@H](C(=O)C(C)(C)C)[C@H]2CC[C@@H]1O2. The van der Waals surface area contributed by atoms with E-state index in [4.69, 9.17) is 9.47 Å². The summed E-state index contributed by atoms with van der Waals surface area (Å²) in [5, 5.41) is 2.86. The van der Waals surface area contributed by atoms with Crippen molar-refractivity contribution in [2.75, 3.05) is 0 Å². The molecule has 4 atom stereocenters. The van der Waals surface area contributed by atoms with E-state index in [-0.39, 0.29) is 30.0 Å². The van der Waals surface area contributed by atoms with Crippen LogP contribution in [0.5, 0.6) is 0 Å². The third-order valence-corrected chi connectivity index (χ3v) is 4.00. The van der Waals surface area contributed by atoms with Gasteiger partial charge in [-0.15, -0.1) is 0 Å².